The van der Waals surface area contributed by atoms with Crippen molar-refractivity contribution in [1.82, 2.24) is 4.72 Å². The molecule has 0 amide bonds. The Hall–Kier alpha value is -0.510. The van der Waals surface area contributed by atoms with Gasteiger partial charge in [-0.1, -0.05) is 38.1 Å². The fourth-order valence-corrected chi connectivity index (χ4v) is 2.39. The average molecular weight is 267 g/mol. The van der Waals surface area contributed by atoms with Gasteiger partial charge in [-0.2, -0.15) is 0 Å². The second-order valence-electron chi connectivity index (χ2n) is 6.04. The maximum absolute atomic E-state index is 12.0. The molecule has 2 atom stereocenters. The number of benzene rings is 1. The highest BCUT2D eigenvalue weighted by Crippen LogP contribution is 2.21. The molecule has 0 heterocycles. The molecule has 18 heavy (non-hydrogen) atoms. The van der Waals surface area contributed by atoms with Gasteiger partial charge in [-0.25, -0.2) is 0 Å². The molecule has 2 nitrogen and oxygen atoms in total. The molecule has 0 saturated heterocycles. The summed E-state index contributed by atoms with van der Waals surface area (Å²) in [6.45, 7) is 12.4. The fourth-order valence-electron chi connectivity index (χ4n) is 1.57. The minimum absolute atomic E-state index is 0.103. The molecule has 0 aromatic heterocycles. The first-order valence-electron chi connectivity index (χ1n) is 6.49. The molecule has 1 N–H and O–H groups in total. The van der Waals surface area contributed by atoms with Crippen molar-refractivity contribution in [2.45, 2.75) is 58.2 Å². The first-order chi connectivity index (χ1) is 8.21. The third-order valence-corrected chi connectivity index (χ3v) is 4.62. The van der Waals surface area contributed by atoms with Gasteiger partial charge in [0.15, 0.2) is 0 Å². The first kappa shape index (κ1) is 15.5. The zero-order chi connectivity index (χ0) is 13.9. The van der Waals surface area contributed by atoms with E-state index in [0.717, 1.165) is 0 Å². The van der Waals surface area contributed by atoms with Crippen molar-refractivity contribution in [1.29, 1.82) is 0 Å². The summed E-state index contributed by atoms with van der Waals surface area (Å²) in [5, 5.41) is 0. The van der Waals surface area contributed by atoms with E-state index in [-0.39, 0.29) is 10.8 Å². The highest BCUT2D eigenvalue weighted by molar-refractivity contribution is 7.90. The standard InChI is InChI=1S/C15H25NOS/c1-11(2)13-7-9-14(10-8-13)12(3)16-18(17)15(4,5)6/h7-12,16H,1-6H3/t12-,18?/m0/s1. The summed E-state index contributed by atoms with van der Waals surface area (Å²) in [7, 11) is 0. The van der Waals surface area contributed by atoms with Gasteiger partial charge in [0.05, 0.1) is 6.04 Å². The van der Waals surface area contributed by atoms with E-state index in [2.05, 4.69) is 42.8 Å². The van der Waals surface area contributed by atoms with Crippen molar-refractivity contribution in [2.24, 2.45) is 0 Å². The predicted molar refractivity (Wildman–Crippen MR) is 80.0 cm³/mol. The molecular formula is C15H25NOS. The zero-order valence-electron chi connectivity index (χ0n) is 12.3. The minimum Gasteiger partial charge on any atom is -0.598 e. The molecule has 0 radical (unpaired) electrons. The second kappa shape index (κ2) is 6.09. The lowest BCUT2D eigenvalue weighted by atomic mass is 10.00. The molecule has 1 unspecified atom stereocenters. The average Bonchev–Trinajstić information content (AvgIpc) is 2.27. The molecule has 0 fully saturated rings. The van der Waals surface area contributed by atoms with Crippen LogP contribution in [0.3, 0.4) is 0 Å². The highest BCUT2D eigenvalue weighted by atomic mass is 32.2. The molecule has 1 rings (SSSR count). The van der Waals surface area contributed by atoms with Crippen LogP contribution in [0.2, 0.25) is 0 Å². The van der Waals surface area contributed by atoms with Crippen molar-refractivity contribution in [3.63, 3.8) is 0 Å². The van der Waals surface area contributed by atoms with Crippen LogP contribution in [0.5, 0.6) is 0 Å². The molecule has 0 bridgehead atoms. The van der Waals surface area contributed by atoms with E-state index >= 15 is 0 Å². The molecule has 1 aromatic rings. The van der Waals surface area contributed by atoms with Crippen LogP contribution in [0.1, 0.15) is 64.6 Å². The highest BCUT2D eigenvalue weighted by Gasteiger charge is 2.28. The summed E-state index contributed by atoms with van der Waals surface area (Å²) >= 11 is -1.03. The Morgan fingerprint density at radius 1 is 1.00 bits per heavy atom. The maximum atomic E-state index is 12.0. The number of hydrogen-bond acceptors (Lipinski definition) is 2. The molecule has 3 heteroatoms. The Morgan fingerprint density at radius 2 is 1.44 bits per heavy atom. The summed E-state index contributed by atoms with van der Waals surface area (Å²) in [5.74, 6) is 0.547. The van der Waals surface area contributed by atoms with E-state index in [4.69, 9.17) is 0 Å². The summed E-state index contributed by atoms with van der Waals surface area (Å²) in [6.07, 6.45) is 0. The van der Waals surface area contributed by atoms with Gasteiger partial charge in [0.1, 0.15) is 4.75 Å². The van der Waals surface area contributed by atoms with Gasteiger partial charge in [0, 0.05) is 11.4 Å². The topological polar surface area (TPSA) is 35.1 Å². The van der Waals surface area contributed by atoms with Crippen LogP contribution in [0.15, 0.2) is 24.3 Å². The van der Waals surface area contributed by atoms with E-state index < -0.39 is 11.4 Å². The number of hydrogen-bond donors (Lipinski definition) is 1. The van der Waals surface area contributed by atoms with Crippen LogP contribution in [-0.2, 0) is 11.4 Å². The van der Waals surface area contributed by atoms with Gasteiger partial charge in [-0.05, 0) is 44.7 Å². The van der Waals surface area contributed by atoms with Crippen LogP contribution in [0.4, 0.5) is 0 Å². The third kappa shape index (κ3) is 4.30. The lowest BCUT2D eigenvalue weighted by Gasteiger charge is -2.26. The Labute approximate surface area is 114 Å². The maximum Gasteiger partial charge on any atom is 0.136 e. The van der Waals surface area contributed by atoms with Crippen molar-refractivity contribution in [3.8, 4) is 0 Å². The predicted octanol–water partition coefficient (Wildman–Crippen LogP) is 3.92. The summed E-state index contributed by atoms with van der Waals surface area (Å²) in [6, 6.07) is 8.64. The first-order valence-corrected chi connectivity index (χ1v) is 7.64. The van der Waals surface area contributed by atoms with Gasteiger partial charge in [0.25, 0.3) is 0 Å². The monoisotopic (exact) mass is 267 g/mol. The van der Waals surface area contributed by atoms with Gasteiger partial charge in [-0.15, -0.1) is 4.72 Å². The Bertz CT molecular complexity index is 367. The zero-order valence-corrected chi connectivity index (χ0v) is 13.1. The van der Waals surface area contributed by atoms with Crippen molar-refractivity contribution >= 4 is 11.4 Å². The second-order valence-corrected chi connectivity index (χ2v) is 8.04. The SMILES string of the molecule is CC(C)c1ccc([C@H](C)N[S+]([O-])C(C)(C)C)cc1. The van der Waals surface area contributed by atoms with E-state index in [1.807, 2.05) is 27.7 Å². The molecule has 1 aromatic carbocycles. The van der Waals surface area contributed by atoms with Crippen molar-refractivity contribution < 1.29 is 4.55 Å². The largest absolute Gasteiger partial charge is 0.598 e. The van der Waals surface area contributed by atoms with E-state index in [0.29, 0.717) is 5.92 Å². The molecule has 102 valence electrons. The van der Waals surface area contributed by atoms with Crippen molar-refractivity contribution in [2.75, 3.05) is 0 Å². The van der Waals surface area contributed by atoms with E-state index in [9.17, 15) is 4.55 Å². The normalized spacial score (nSPS) is 15.8. The molecule has 0 aliphatic rings. The fraction of sp³-hybridized carbons (Fsp3) is 0.600. The van der Waals surface area contributed by atoms with Crippen molar-refractivity contribution in [3.05, 3.63) is 35.4 Å². The number of nitrogens with one attached hydrogen (secondary N) is 1. The smallest absolute Gasteiger partial charge is 0.136 e. The summed E-state index contributed by atoms with van der Waals surface area (Å²) in [5.41, 5.74) is 2.51. The van der Waals surface area contributed by atoms with E-state index in [1.54, 1.807) is 0 Å². The quantitative estimate of drug-likeness (QED) is 0.839. The van der Waals surface area contributed by atoms with Gasteiger partial charge in [0.2, 0.25) is 0 Å². The molecule has 0 spiro atoms. The number of rotatable bonds is 4. The van der Waals surface area contributed by atoms with Gasteiger partial charge < -0.3 is 4.55 Å². The molecular weight excluding hydrogens is 242 g/mol. The third-order valence-electron chi connectivity index (χ3n) is 2.94. The molecule has 0 aliphatic heterocycles. The summed E-state index contributed by atoms with van der Waals surface area (Å²) < 4.78 is 15.0. The Morgan fingerprint density at radius 3 is 1.83 bits per heavy atom. The van der Waals surface area contributed by atoms with Gasteiger partial charge >= 0.3 is 0 Å². The summed E-state index contributed by atoms with van der Waals surface area (Å²) in [4.78, 5) is 0. The molecule has 0 aliphatic carbocycles. The Balaban J connectivity index is 2.70. The van der Waals surface area contributed by atoms with Crippen LogP contribution < -0.4 is 4.72 Å². The molecule has 0 saturated carbocycles. The van der Waals surface area contributed by atoms with E-state index in [1.165, 1.54) is 11.1 Å². The minimum atomic E-state index is -1.03. The van der Waals surface area contributed by atoms with Gasteiger partial charge in [-0.3, -0.25) is 0 Å². The Kier molecular flexibility index (Phi) is 5.26. The lowest BCUT2D eigenvalue weighted by molar-refractivity contribution is 0.531. The van der Waals surface area contributed by atoms with Crippen LogP contribution in [0.25, 0.3) is 0 Å². The van der Waals surface area contributed by atoms with Crippen LogP contribution in [-0.4, -0.2) is 9.30 Å². The van der Waals surface area contributed by atoms with Crippen LogP contribution >= 0.6 is 0 Å². The lowest BCUT2D eigenvalue weighted by Crippen LogP contribution is -2.40. The van der Waals surface area contributed by atoms with Crippen LogP contribution in [0, 0.1) is 0 Å².